The fourth-order valence-corrected chi connectivity index (χ4v) is 2.63. The lowest BCUT2D eigenvalue weighted by molar-refractivity contribution is 0.622. The second-order valence-electron chi connectivity index (χ2n) is 5.70. The molecule has 6 heteroatoms. The molecular weight excluding hydrogens is 299 g/mol. The molecule has 116 valence electrons. The fraction of sp³-hybridized carbons (Fsp3) is 0.375. The SMILES string of the molecule is Cc1nn(Cc2ccc(F)cc2)c(C)c1NC(=S)NC1CC1. The lowest BCUT2D eigenvalue weighted by Crippen LogP contribution is -2.30. The minimum absolute atomic E-state index is 0.226. The zero-order valence-corrected chi connectivity index (χ0v) is 13.5. The Balaban J connectivity index is 1.73. The van der Waals surface area contributed by atoms with E-state index in [1.165, 1.54) is 25.0 Å². The highest BCUT2D eigenvalue weighted by Gasteiger charge is 2.22. The molecule has 1 heterocycles. The Morgan fingerprint density at radius 2 is 2.00 bits per heavy atom. The first kappa shape index (κ1) is 15.0. The maximum absolute atomic E-state index is 13.0. The third-order valence-corrected chi connectivity index (χ3v) is 4.00. The van der Waals surface area contributed by atoms with Crippen LogP contribution in [0.2, 0.25) is 0 Å². The van der Waals surface area contributed by atoms with Gasteiger partial charge in [0.2, 0.25) is 0 Å². The monoisotopic (exact) mass is 318 g/mol. The molecule has 0 bridgehead atoms. The molecule has 4 nitrogen and oxygen atoms in total. The summed E-state index contributed by atoms with van der Waals surface area (Å²) >= 11 is 5.32. The molecule has 0 unspecified atom stereocenters. The van der Waals surface area contributed by atoms with Gasteiger partial charge in [0, 0.05) is 6.04 Å². The Kier molecular flexibility index (Phi) is 4.11. The van der Waals surface area contributed by atoms with Gasteiger partial charge in [-0.1, -0.05) is 12.1 Å². The van der Waals surface area contributed by atoms with Crippen LogP contribution in [-0.2, 0) is 6.54 Å². The van der Waals surface area contributed by atoms with Crippen molar-refractivity contribution in [1.29, 1.82) is 0 Å². The van der Waals surface area contributed by atoms with E-state index in [2.05, 4.69) is 15.7 Å². The molecule has 2 aromatic rings. The molecule has 0 saturated heterocycles. The summed E-state index contributed by atoms with van der Waals surface area (Å²) in [7, 11) is 0. The lowest BCUT2D eigenvalue weighted by Gasteiger charge is -2.10. The van der Waals surface area contributed by atoms with E-state index in [0.29, 0.717) is 17.7 Å². The molecule has 0 amide bonds. The van der Waals surface area contributed by atoms with Gasteiger partial charge in [0.05, 0.1) is 23.6 Å². The summed E-state index contributed by atoms with van der Waals surface area (Å²) in [5, 5.41) is 11.7. The van der Waals surface area contributed by atoms with Gasteiger partial charge in [-0.05, 0) is 56.6 Å². The van der Waals surface area contributed by atoms with E-state index in [1.54, 1.807) is 12.1 Å². The van der Waals surface area contributed by atoms with Crippen LogP contribution in [0.1, 0.15) is 29.8 Å². The predicted molar refractivity (Wildman–Crippen MR) is 89.6 cm³/mol. The topological polar surface area (TPSA) is 41.9 Å². The molecule has 1 aromatic heterocycles. The van der Waals surface area contributed by atoms with E-state index < -0.39 is 0 Å². The van der Waals surface area contributed by atoms with Gasteiger partial charge in [-0.15, -0.1) is 0 Å². The first-order valence-electron chi connectivity index (χ1n) is 7.39. The van der Waals surface area contributed by atoms with Crippen molar-refractivity contribution in [3.05, 3.63) is 47.0 Å². The van der Waals surface area contributed by atoms with Crippen LogP contribution < -0.4 is 10.6 Å². The molecule has 0 radical (unpaired) electrons. The molecule has 2 N–H and O–H groups in total. The molecule has 22 heavy (non-hydrogen) atoms. The van der Waals surface area contributed by atoms with Crippen LogP contribution in [0.4, 0.5) is 10.1 Å². The van der Waals surface area contributed by atoms with E-state index in [0.717, 1.165) is 22.6 Å². The summed E-state index contributed by atoms with van der Waals surface area (Å²) in [5.41, 5.74) is 3.87. The van der Waals surface area contributed by atoms with Gasteiger partial charge >= 0.3 is 0 Å². The second-order valence-corrected chi connectivity index (χ2v) is 6.11. The van der Waals surface area contributed by atoms with Gasteiger partial charge in [-0.3, -0.25) is 4.68 Å². The van der Waals surface area contributed by atoms with E-state index in [-0.39, 0.29) is 5.82 Å². The van der Waals surface area contributed by atoms with Gasteiger partial charge in [0.15, 0.2) is 5.11 Å². The molecule has 1 aliphatic carbocycles. The van der Waals surface area contributed by atoms with E-state index in [1.807, 2.05) is 18.5 Å². The lowest BCUT2D eigenvalue weighted by atomic mass is 10.2. The first-order chi connectivity index (χ1) is 10.5. The molecular formula is C16H19FN4S. The van der Waals surface area contributed by atoms with Crippen LogP contribution >= 0.6 is 12.2 Å². The predicted octanol–water partition coefficient (Wildman–Crippen LogP) is 3.14. The summed E-state index contributed by atoms with van der Waals surface area (Å²) < 4.78 is 14.9. The van der Waals surface area contributed by atoms with Crippen molar-refractivity contribution in [2.24, 2.45) is 0 Å². The molecule has 1 aliphatic rings. The maximum atomic E-state index is 13.0. The standard InChI is InChI=1S/C16H19FN4S/c1-10-15(19-16(22)18-14-7-8-14)11(2)21(20-10)9-12-3-5-13(17)6-4-12/h3-6,14H,7-9H2,1-2H3,(H2,18,19,22). The quantitative estimate of drug-likeness (QED) is 0.850. The van der Waals surface area contributed by atoms with Crippen LogP contribution in [0.3, 0.4) is 0 Å². The van der Waals surface area contributed by atoms with Crippen molar-refractivity contribution in [3.63, 3.8) is 0 Å². The highest BCUT2D eigenvalue weighted by atomic mass is 32.1. The molecule has 0 atom stereocenters. The third-order valence-electron chi connectivity index (χ3n) is 3.78. The number of thiocarbonyl (C=S) groups is 1. The number of nitrogens with zero attached hydrogens (tertiary/aromatic N) is 2. The molecule has 1 fully saturated rings. The number of aryl methyl sites for hydroxylation is 1. The molecule has 1 aromatic carbocycles. The summed E-state index contributed by atoms with van der Waals surface area (Å²) in [6.07, 6.45) is 2.37. The summed E-state index contributed by atoms with van der Waals surface area (Å²) in [4.78, 5) is 0. The number of nitrogens with one attached hydrogen (secondary N) is 2. The highest BCUT2D eigenvalue weighted by molar-refractivity contribution is 7.80. The molecule has 1 saturated carbocycles. The van der Waals surface area contributed by atoms with E-state index >= 15 is 0 Å². The van der Waals surface area contributed by atoms with Crippen molar-refractivity contribution in [2.45, 2.75) is 39.3 Å². The van der Waals surface area contributed by atoms with Crippen LogP contribution in [0.25, 0.3) is 0 Å². The summed E-state index contributed by atoms with van der Waals surface area (Å²) in [5.74, 6) is -0.226. The fourth-order valence-electron chi connectivity index (χ4n) is 2.36. The minimum atomic E-state index is -0.226. The van der Waals surface area contributed by atoms with Crippen LogP contribution in [0, 0.1) is 19.7 Å². The van der Waals surface area contributed by atoms with Crippen LogP contribution in [0.5, 0.6) is 0 Å². The number of hydrogen-bond acceptors (Lipinski definition) is 2. The Bertz CT molecular complexity index is 689. The molecule has 0 spiro atoms. The Morgan fingerprint density at radius 1 is 1.32 bits per heavy atom. The molecule has 3 rings (SSSR count). The summed E-state index contributed by atoms with van der Waals surface area (Å²) in [6, 6.07) is 7.01. The normalized spacial score (nSPS) is 14.0. The van der Waals surface area contributed by atoms with Crippen LogP contribution in [0.15, 0.2) is 24.3 Å². The van der Waals surface area contributed by atoms with Crippen LogP contribution in [-0.4, -0.2) is 20.9 Å². The third kappa shape index (κ3) is 3.44. The van der Waals surface area contributed by atoms with E-state index in [4.69, 9.17) is 12.2 Å². The average molecular weight is 318 g/mol. The second kappa shape index (κ2) is 6.04. The first-order valence-corrected chi connectivity index (χ1v) is 7.79. The van der Waals surface area contributed by atoms with Crippen molar-refractivity contribution in [2.75, 3.05) is 5.32 Å². The van der Waals surface area contributed by atoms with Gasteiger partial charge in [0.25, 0.3) is 0 Å². The Labute approximate surface area is 134 Å². The highest BCUT2D eigenvalue weighted by Crippen LogP contribution is 2.22. The van der Waals surface area contributed by atoms with Crippen molar-refractivity contribution in [1.82, 2.24) is 15.1 Å². The van der Waals surface area contributed by atoms with Crippen molar-refractivity contribution < 1.29 is 4.39 Å². The summed E-state index contributed by atoms with van der Waals surface area (Å²) in [6.45, 7) is 4.57. The van der Waals surface area contributed by atoms with Gasteiger partial charge < -0.3 is 10.6 Å². The number of anilines is 1. The Morgan fingerprint density at radius 3 is 2.64 bits per heavy atom. The average Bonchev–Trinajstić information content (AvgIpc) is 3.25. The molecule has 0 aliphatic heterocycles. The van der Waals surface area contributed by atoms with Gasteiger partial charge in [-0.25, -0.2) is 4.39 Å². The van der Waals surface area contributed by atoms with Crippen molar-refractivity contribution >= 4 is 23.0 Å². The number of rotatable bonds is 4. The van der Waals surface area contributed by atoms with Gasteiger partial charge in [-0.2, -0.15) is 5.10 Å². The van der Waals surface area contributed by atoms with E-state index in [9.17, 15) is 4.39 Å². The van der Waals surface area contributed by atoms with Gasteiger partial charge in [0.1, 0.15) is 5.82 Å². The number of hydrogen-bond donors (Lipinski definition) is 2. The zero-order chi connectivity index (χ0) is 15.7. The van der Waals surface area contributed by atoms with Crippen molar-refractivity contribution in [3.8, 4) is 0 Å². The maximum Gasteiger partial charge on any atom is 0.171 e. The number of benzene rings is 1. The number of aromatic nitrogens is 2. The largest absolute Gasteiger partial charge is 0.360 e. The number of halogens is 1. The smallest absolute Gasteiger partial charge is 0.171 e. The Hall–Kier alpha value is -1.95. The minimum Gasteiger partial charge on any atom is -0.360 e. The zero-order valence-electron chi connectivity index (χ0n) is 12.7.